The normalized spacial score (nSPS) is 22.3. The Morgan fingerprint density at radius 2 is 1.69 bits per heavy atom. The summed E-state index contributed by atoms with van der Waals surface area (Å²) in [5.41, 5.74) is 0. The van der Waals surface area contributed by atoms with E-state index in [1.54, 1.807) is 7.11 Å². The summed E-state index contributed by atoms with van der Waals surface area (Å²) in [5, 5.41) is 10.4. The Balaban J connectivity index is 2.56. The van der Waals surface area contributed by atoms with Crippen molar-refractivity contribution in [3.63, 3.8) is 0 Å². The number of aliphatic hydroxyl groups excluding tert-OH is 1. The fraction of sp³-hybridized carbons (Fsp3) is 1.00. The van der Waals surface area contributed by atoms with Crippen LogP contribution in [0, 0.1) is 11.8 Å². The van der Waals surface area contributed by atoms with Gasteiger partial charge in [0, 0.05) is 7.11 Å². The molecule has 2 heteroatoms. The molecule has 0 aromatic rings. The second-order valence-electron chi connectivity index (χ2n) is 5.17. The van der Waals surface area contributed by atoms with Crippen LogP contribution in [0.1, 0.15) is 58.8 Å². The van der Waals surface area contributed by atoms with Gasteiger partial charge < -0.3 is 9.84 Å². The molecule has 1 saturated carbocycles. The zero-order chi connectivity index (χ0) is 12.0. The van der Waals surface area contributed by atoms with E-state index in [4.69, 9.17) is 4.74 Å². The van der Waals surface area contributed by atoms with Crippen LogP contribution in [0.3, 0.4) is 0 Å². The molecule has 0 spiro atoms. The molecular weight excluding hydrogens is 200 g/mol. The van der Waals surface area contributed by atoms with E-state index >= 15 is 0 Å². The van der Waals surface area contributed by atoms with E-state index in [-0.39, 0.29) is 12.2 Å². The molecule has 1 aliphatic carbocycles. The van der Waals surface area contributed by atoms with Gasteiger partial charge in [0.2, 0.25) is 0 Å². The first-order valence-electron chi connectivity index (χ1n) is 6.95. The second-order valence-corrected chi connectivity index (χ2v) is 5.17. The van der Waals surface area contributed by atoms with Gasteiger partial charge in [-0.3, -0.25) is 0 Å². The van der Waals surface area contributed by atoms with E-state index in [0.29, 0.717) is 11.8 Å². The Kier molecular flexibility index (Phi) is 6.37. The minimum Gasteiger partial charge on any atom is -0.390 e. The third-order valence-corrected chi connectivity index (χ3v) is 4.25. The van der Waals surface area contributed by atoms with Crippen molar-refractivity contribution in [2.45, 2.75) is 71.0 Å². The van der Waals surface area contributed by atoms with E-state index in [1.165, 1.54) is 32.1 Å². The van der Waals surface area contributed by atoms with Crippen molar-refractivity contribution in [3.8, 4) is 0 Å². The molecule has 1 fully saturated rings. The number of hydrogen-bond donors (Lipinski definition) is 1. The minimum atomic E-state index is -0.275. The molecule has 2 nitrogen and oxygen atoms in total. The van der Waals surface area contributed by atoms with Gasteiger partial charge in [0.05, 0.1) is 12.2 Å². The van der Waals surface area contributed by atoms with E-state index in [9.17, 15) is 5.11 Å². The van der Waals surface area contributed by atoms with Crippen molar-refractivity contribution in [3.05, 3.63) is 0 Å². The molecule has 0 bridgehead atoms. The van der Waals surface area contributed by atoms with Crippen molar-refractivity contribution in [2.24, 2.45) is 11.8 Å². The Hall–Kier alpha value is -0.0800. The van der Waals surface area contributed by atoms with E-state index < -0.39 is 0 Å². The Morgan fingerprint density at radius 1 is 1.12 bits per heavy atom. The third-order valence-electron chi connectivity index (χ3n) is 4.25. The molecule has 1 rings (SSSR count). The number of aliphatic hydroxyl groups is 1. The van der Waals surface area contributed by atoms with Gasteiger partial charge in [-0.05, 0) is 24.7 Å². The van der Waals surface area contributed by atoms with E-state index in [1.807, 2.05) is 0 Å². The molecule has 0 saturated heterocycles. The number of ether oxygens (including phenoxy) is 1. The van der Waals surface area contributed by atoms with Crippen LogP contribution in [0.5, 0.6) is 0 Å². The summed E-state index contributed by atoms with van der Waals surface area (Å²) >= 11 is 0. The van der Waals surface area contributed by atoms with Crippen LogP contribution in [0.15, 0.2) is 0 Å². The van der Waals surface area contributed by atoms with Crippen LogP contribution in [0.2, 0.25) is 0 Å². The molecule has 2 unspecified atom stereocenters. The smallest absolute Gasteiger partial charge is 0.0860 e. The molecule has 96 valence electrons. The molecule has 1 aliphatic rings. The van der Waals surface area contributed by atoms with Crippen LogP contribution in [-0.2, 0) is 4.74 Å². The molecular formula is C14H28O2. The first-order valence-corrected chi connectivity index (χ1v) is 6.95. The lowest BCUT2D eigenvalue weighted by molar-refractivity contribution is -0.0791. The fourth-order valence-electron chi connectivity index (χ4n) is 3.11. The number of rotatable bonds is 6. The second kappa shape index (κ2) is 7.29. The highest BCUT2D eigenvalue weighted by molar-refractivity contribution is 4.83. The standard InChI is InChI=1S/C14H28O2/c1-4-11(5-2)13(15)14(16-3)12-9-7-6-8-10-12/h11-15H,4-10H2,1-3H3. The molecule has 2 atom stereocenters. The molecule has 0 aromatic heterocycles. The quantitative estimate of drug-likeness (QED) is 0.755. The van der Waals surface area contributed by atoms with E-state index in [2.05, 4.69) is 13.8 Å². The predicted octanol–water partition coefficient (Wildman–Crippen LogP) is 3.38. The minimum absolute atomic E-state index is 0.0604. The Bertz CT molecular complexity index is 172. The Labute approximate surface area is 100 Å². The van der Waals surface area contributed by atoms with Gasteiger partial charge in [-0.2, -0.15) is 0 Å². The molecule has 0 aromatic carbocycles. The summed E-state index contributed by atoms with van der Waals surface area (Å²) in [6.07, 6.45) is 8.31. The molecule has 0 amide bonds. The summed E-state index contributed by atoms with van der Waals surface area (Å²) < 4.78 is 5.59. The van der Waals surface area contributed by atoms with Crippen molar-refractivity contribution in [1.82, 2.24) is 0 Å². The first kappa shape index (κ1) is 14.0. The average Bonchev–Trinajstić information content (AvgIpc) is 2.33. The molecule has 1 N–H and O–H groups in total. The SMILES string of the molecule is CCC(CC)C(O)C(OC)C1CCCCC1. The summed E-state index contributed by atoms with van der Waals surface area (Å²) in [5.74, 6) is 0.973. The molecule has 16 heavy (non-hydrogen) atoms. The fourth-order valence-corrected chi connectivity index (χ4v) is 3.11. The largest absolute Gasteiger partial charge is 0.390 e. The van der Waals surface area contributed by atoms with Gasteiger partial charge in [-0.1, -0.05) is 46.0 Å². The maximum atomic E-state index is 10.4. The maximum Gasteiger partial charge on any atom is 0.0860 e. The molecule has 0 heterocycles. The van der Waals surface area contributed by atoms with Crippen LogP contribution in [0.25, 0.3) is 0 Å². The van der Waals surface area contributed by atoms with Crippen molar-refractivity contribution >= 4 is 0 Å². The average molecular weight is 228 g/mol. The molecule has 0 aliphatic heterocycles. The zero-order valence-electron chi connectivity index (χ0n) is 11.1. The van der Waals surface area contributed by atoms with Gasteiger partial charge in [0.1, 0.15) is 0 Å². The lowest BCUT2D eigenvalue weighted by Crippen LogP contribution is -2.40. The van der Waals surface area contributed by atoms with Gasteiger partial charge in [-0.15, -0.1) is 0 Å². The summed E-state index contributed by atoms with van der Waals surface area (Å²) in [4.78, 5) is 0. The highest BCUT2D eigenvalue weighted by Gasteiger charge is 2.32. The monoisotopic (exact) mass is 228 g/mol. The van der Waals surface area contributed by atoms with Crippen molar-refractivity contribution in [2.75, 3.05) is 7.11 Å². The highest BCUT2D eigenvalue weighted by Crippen LogP contribution is 2.32. The van der Waals surface area contributed by atoms with Gasteiger partial charge in [0.25, 0.3) is 0 Å². The lowest BCUT2D eigenvalue weighted by Gasteiger charge is -2.35. The summed E-state index contributed by atoms with van der Waals surface area (Å²) in [6, 6.07) is 0. The number of hydrogen-bond acceptors (Lipinski definition) is 2. The van der Waals surface area contributed by atoms with Gasteiger partial charge in [0.15, 0.2) is 0 Å². The third kappa shape index (κ3) is 3.46. The topological polar surface area (TPSA) is 29.5 Å². The first-order chi connectivity index (χ1) is 7.74. The van der Waals surface area contributed by atoms with Gasteiger partial charge >= 0.3 is 0 Å². The maximum absolute atomic E-state index is 10.4. The predicted molar refractivity (Wildman–Crippen MR) is 67.5 cm³/mol. The van der Waals surface area contributed by atoms with Crippen molar-refractivity contribution in [1.29, 1.82) is 0 Å². The summed E-state index contributed by atoms with van der Waals surface area (Å²) in [6.45, 7) is 4.32. The van der Waals surface area contributed by atoms with Crippen molar-refractivity contribution < 1.29 is 9.84 Å². The van der Waals surface area contributed by atoms with Crippen LogP contribution < -0.4 is 0 Å². The lowest BCUT2D eigenvalue weighted by atomic mass is 9.79. The van der Waals surface area contributed by atoms with Gasteiger partial charge in [-0.25, -0.2) is 0 Å². The van der Waals surface area contributed by atoms with Crippen LogP contribution in [0.4, 0.5) is 0 Å². The Morgan fingerprint density at radius 3 is 2.12 bits per heavy atom. The number of methoxy groups -OCH3 is 1. The molecule has 0 radical (unpaired) electrons. The van der Waals surface area contributed by atoms with E-state index in [0.717, 1.165) is 12.8 Å². The van der Waals surface area contributed by atoms with Crippen LogP contribution >= 0.6 is 0 Å². The highest BCUT2D eigenvalue weighted by atomic mass is 16.5. The van der Waals surface area contributed by atoms with Crippen LogP contribution in [-0.4, -0.2) is 24.4 Å². The summed E-state index contributed by atoms with van der Waals surface area (Å²) in [7, 11) is 1.75. The zero-order valence-corrected chi connectivity index (χ0v) is 11.1.